The average molecular weight is 264 g/mol. The number of hydrogen-bond donors (Lipinski definition) is 1. The van der Waals surface area contributed by atoms with Crippen LogP contribution in [0.2, 0.25) is 0 Å². The molecule has 1 rings (SSSR count). The zero-order valence-corrected chi connectivity index (χ0v) is 12.9. The fourth-order valence-corrected chi connectivity index (χ4v) is 1.85. The molecule has 0 amide bonds. The highest BCUT2D eigenvalue weighted by molar-refractivity contribution is 5.49. The minimum atomic E-state index is 0.406. The number of hydrogen-bond acceptors (Lipinski definition) is 3. The van der Waals surface area contributed by atoms with Crippen molar-refractivity contribution in [3.63, 3.8) is 0 Å². The second-order valence-electron chi connectivity index (χ2n) is 5.51. The summed E-state index contributed by atoms with van der Waals surface area (Å²) >= 11 is 0. The van der Waals surface area contributed by atoms with Gasteiger partial charge in [-0.2, -0.15) is 0 Å². The highest BCUT2D eigenvalue weighted by Crippen LogP contribution is 2.19. The topological polar surface area (TPSA) is 24.5 Å². The van der Waals surface area contributed by atoms with E-state index in [0.29, 0.717) is 18.6 Å². The van der Waals surface area contributed by atoms with Gasteiger partial charge in [-0.25, -0.2) is 0 Å². The molecule has 0 aliphatic rings. The van der Waals surface area contributed by atoms with Crippen LogP contribution in [-0.4, -0.2) is 33.3 Å². The molecule has 0 saturated heterocycles. The van der Waals surface area contributed by atoms with E-state index in [1.54, 1.807) is 0 Å². The molecule has 3 heteroatoms. The molecule has 0 saturated carbocycles. The van der Waals surface area contributed by atoms with Crippen molar-refractivity contribution in [1.82, 2.24) is 5.32 Å². The summed E-state index contributed by atoms with van der Waals surface area (Å²) in [5.41, 5.74) is 1.17. The maximum atomic E-state index is 5.93. The van der Waals surface area contributed by atoms with Crippen LogP contribution in [0.25, 0.3) is 0 Å². The van der Waals surface area contributed by atoms with Crippen LogP contribution < -0.4 is 15.0 Å². The third-order valence-electron chi connectivity index (χ3n) is 3.22. The van der Waals surface area contributed by atoms with E-state index in [-0.39, 0.29) is 0 Å². The van der Waals surface area contributed by atoms with Gasteiger partial charge in [0.25, 0.3) is 0 Å². The fraction of sp³-hybridized carbons (Fsp3) is 0.625. The van der Waals surface area contributed by atoms with Gasteiger partial charge in [0, 0.05) is 31.9 Å². The fourth-order valence-electron chi connectivity index (χ4n) is 1.85. The van der Waals surface area contributed by atoms with Crippen LogP contribution in [0.5, 0.6) is 5.75 Å². The second-order valence-corrected chi connectivity index (χ2v) is 5.51. The van der Waals surface area contributed by atoms with Gasteiger partial charge >= 0.3 is 0 Å². The second kappa shape index (κ2) is 8.05. The van der Waals surface area contributed by atoms with Gasteiger partial charge in [0.2, 0.25) is 0 Å². The Labute approximate surface area is 118 Å². The Hall–Kier alpha value is -1.22. The predicted molar refractivity (Wildman–Crippen MR) is 83.2 cm³/mol. The maximum absolute atomic E-state index is 5.93. The van der Waals surface area contributed by atoms with E-state index in [2.05, 4.69) is 43.1 Å². The summed E-state index contributed by atoms with van der Waals surface area (Å²) in [6.45, 7) is 8.41. The molecule has 0 aromatic heterocycles. The van der Waals surface area contributed by atoms with Gasteiger partial charge < -0.3 is 15.0 Å². The predicted octanol–water partition coefficient (Wildman–Crippen LogP) is 3.16. The molecule has 19 heavy (non-hydrogen) atoms. The summed E-state index contributed by atoms with van der Waals surface area (Å²) in [4.78, 5) is 2.09. The van der Waals surface area contributed by atoms with Gasteiger partial charge in [0.1, 0.15) is 12.4 Å². The van der Waals surface area contributed by atoms with Crippen molar-refractivity contribution in [3.8, 4) is 5.75 Å². The molecule has 1 aromatic rings. The van der Waals surface area contributed by atoms with Gasteiger partial charge in [0.05, 0.1) is 0 Å². The quantitative estimate of drug-likeness (QED) is 0.780. The molecule has 0 radical (unpaired) electrons. The molecule has 0 aliphatic heterocycles. The van der Waals surface area contributed by atoms with Crippen LogP contribution in [0.15, 0.2) is 24.3 Å². The molecular weight excluding hydrogens is 236 g/mol. The van der Waals surface area contributed by atoms with E-state index in [0.717, 1.165) is 18.7 Å². The Morgan fingerprint density at radius 1 is 1.26 bits per heavy atom. The van der Waals surface area contributed by atoms with Gasteiger partial charge in [-0.1, -0.05) is 26.8 Å². The van der Waals surface area contributed by atoms with Gasteiger partial charge in [-0.05, 0) is 31.0 Å². The Morgan fingerprint density at radius 3 is 2.58 bits per heavy atom. The zero-order valence-electron chi connectivity index (χ0n) is 12.9. The molecule has 0 spiro atoms. The SMILES string of the molecule is CCCNC(COc1cccc(N(C)C)c1)C(C)C. The van der Waals surface area contributed by atoms with Crippen molar-refractivity contribution in [1.29, 1.82) is 0 Å². The lowest BCUT2D eigenvalue weighted by molar-refractivity contribution is 0.230. The Balaban J connectivity index is 2.56. The molecule has 3 nitrogen and oxygen atoms in total. The van der Waals surface area contributed by atoms with E-state index < -0.39 is 0 Å². The molecule has 0 heterocycles. The lowest BCUT2D eigenvalue weighted by Crippen LogP contribution is -2.39. The number of nitrogens with zero attached hydrogens (tertiary/aromatic N) is 1. The van der Waals surface area contributed by atoms with E-state index in [1.165, 1.54) is 5.69 Å². The van der Waals surface area contributed by atoms with Crippen LogP contribution in [-0.2, 0) is 0 Å². The molecule has 1 N–H and O–H groups in total. The van der Waals surface area contributed by atoms with Crippen LogP contribution in [0.3, 0.4) is 0 Å². The normalized spacial score (nSPS) is 12.5. The first-order valence-corrected chi connectivity index (χ1v) is 7.18. The largest absolute Gasteiger partial charge is 0.492 e. The lowest BCUT2D eigenvalue weighted by Gasteiger charge is -2.23. The minimum Gasteiger partial charge on any atom is -0.492 e. The highest BCUT2D eigenvalue weighted by atomic mass is 16.5. The van der Waals surface area contributed by atoms with Gasteiger partial charge in [-0.15, -0.1) is 0 Å². The number of ether oxygens (including phenoxy) is 1. The Kier molecular flexibility index (Phi) is 6.71. The Morgan fingerprint density at radius 2 is 2.00 bits per heavy atom. The van der Waals surface area contributed by atoms with E-state index >= 15 is 0 Å². The maximum Gasteiger partial charge on any atom is 0.121 e. The van der Waals surface area contributed by atoms with E-state index in [4.69, 9.17) is 4.74 Å². The third-order valence-corrected chi connectivity index (χ3v) is 3.22. The Bertz CT molecular complexity index is 364. The van der Waals surface area contributed by atoms with Crippen LogP contribution in [0, 0.1) is 5.92 Å². The van der Waals surface area contributed by atoms with Crippen molar-refractivity contribution in [3.05, 3.63) is 24.3 Å². The summed E-state index contributed by atoms with van der Waals surface area (Å²) in [6, 6.07) is 8.63. The first kappa shape index (κ1) is 15.8. The lowest BCUT2D eigenvalue weighted by atomic mass is 10.1. The van der Waals surface area contributed by atoms with E-state index in [1.807, 2.05) is 26.2 Å². The van der Waals surface area contributed by atoms with Gasteiger partial charge in [0.15, 0.2) is 0 Å². The standard InChI is InChI=1S/C16H28N2O/c1-6-10-17-16(13(2)3)12-19-15-9-7-8-14(11-15)18(4)5/h7-9,11,13,16-17H,6,10,12H2,1-5H3. The number of benzene rings is 1. The number of rotatable bonds is 8. The number of anilines is 1. The van der Waals surface area contributed by atoms with Gasteiger partial charge in [-0.3, -0.25) is 0 Å². The summed E-state index contributed by atoms with van der Waals surface area (Å²) in [5, 5.41) is 3.54. The summed E-state index contributed by atoms with van der Waals surface area (Å²) in [6.07, 6.45) is 1.15. The first-order chi connectivity index (χ1) is 9.04. The highest BCUT2D eigenvalue weighted by Gasteiger charge is 2.13. The molecule has 0 fully saturated rings. The van der Waals surface area contributed by atoms with Crippen molar-refractivity contribution >= 4 is 5.69 Å². The molecule has 1 atom stereocenters. The van der Waals surface area contributed by atoms with Crippen molar-refractivity contribution in [2.75, 3.05) is 32.1 Å². The monoisotopic (exact) mass is 264 g/mol. The minimum absolute atomic E-state index is 0.406. The van der Waals surface area contributed by atoms with Crippen molar-refractivity contribution < 1.29 is 4.74 Å². The summed E-state index contributed by atoms with van der Waals surface area (Å²) in [5.74, 6) is 1.51. The van der Waals surface area contributed by atoms with Crippen LogP contribution in [0.1, 0.15) is 27.2 Å². The molecule has 0 bridgehead atoms. The third kappa shape index (κ3) is 5.52. The molecule has 0 aliphatic carbocycles. The van der Waals surface area contributed by atoms with Crippen LogP contribution >= 0.6 is 0 Å². The van der Waals surface area contributed by atoms with Crippen molar-refractivity contribution in [2.45, 2.75) is 33.2 Å². The summed E-state index contributed by atoms with van der Waals surface area (Å²) < 4.78 is 5.93. The summed E-state index contributed by atoms with van der Waals surface area (Å²) in [7, 11) is 4.08. The zero-order chi connectivity index (χ0) is 14.3. The molecule has 108 valence electrons. The molecular formula is C16H28N2O. The number of nitrogens with one attached hydrogen (secondary N) is 1. The average Bonchev–Trinajstić information content (AvgIpc) is 2.38. The van der Waals surface area contributed by atoms with E-state index in [9.17, 15) is 0 Å². The smallest absolute Gasteiger partial charge is 0.121 e. The molecule has 1 aromatic carbocycles. The van der Waals surface area contributed by atoms with Crippen LogP contribution in [0.4, 0.5) is 5.69 Å². The van der Waals surface area contributed by atoms with Crippen molar-refractivity contribution in [2.24, 2.45) is 5.92 Å². The molecule has 1 unspecified atom stereocenters. The first-order valence-electron chi connectivity index (χ1n) is 7.18.